The van der Waals surface area contributed by atoms with Crippen LogP contribution in [0.3, 0.4) is 0 Å². The maximum Gasteiger partial charge on any atom is 0.343 e. The SMILES string of the molecule is C.CN(C)c1ccc(N)cc1C([NH3+])=O.COc1ccccc1-c1cc(Cl)ncn1.COc1ccccc1-c1cc([NH2+]c2ccc(N(C)C)c(C(N)=O)c2)ncn1.[Cl-].[Cl-].[HH]. The first-order valence-corrected chi connectivity index (χ1v) is 17.2. The van der Waals surface area contributed by atoms with Crippen LogP contribution in [0.2, 0.25) is 5.15 Å². The molecule has 0 aliphatic carbocycles. The van der Waals surface area contributed by atoms with Crippen molar-refractivity contribution in [2.45, 2.75) is 7.43 Å². The molecule has 2 aromatic heterocycles. The molecule has 310 valence electrons. The number of primary amides is 1. The van der Waals surface area contributed by atoms with Crippen molar-refractivity contribution in [3.8, 4) is 34.0 Å². The van der Waals surface area contributed by atoms with Crippen LogP contribution in [0.1, 0.15) is 29.6 Å². The summed E-state index contributed by atoms with van der Waals surface area (Å²) in [5.41, 5.74) is 21.8. The van der Waals surface area contributed by atoms with Crippen molar-refractivity contribution >= 4 is 52.0 Å². The fourth-order valence-corrected chi connectivity index (χ4v) is 5.51. The van der Waals surface area contributed by atoms with E-state index in [1.165, 1.54) is 12.7 Å². The number of quaternary nitrogens is 2. The minimum atomic E-state index is -0.466. The predicted molar refractivity (Wildman–Crippen MR) is 225 cm³/mol. The molecule has 2 amide bonds. The molecule has 6 rings (SSSR count). The molecule has 0 radical (unpaired) electrons. The van der Waals surface area contributed by atoms with E-state index in [0.717, 1.165) is 56.9 Å². The minimum absolute atomic E-state index is 0. The highest BCUT2D eigenvalue weighted by Gasteiger charge is 2.15. The first kappa shape index (κ1) is 50.0. The first-order chi connectivity index (χ1) is 26.3. The third-order valence-electron chi connectivity index (χ3n) is 7.97. The standard InChI is InChI=1S/C20H21N5O2.C11H9ClN2O.C9H13N3O.CH4.2ClH.H2/c1-25(2)17-9-8-13(10-15(17)20(21)26)24-19-11-16(22-12-23-19)14-6-4-5-7-18(14)27-3;1-15-10-5-3-2-4-8(10)9-6-11(12)14-7-13-9;1-12(2)8-4-3-6(10)5-7(8)9(11)13;;;;/h4-12H,1-3H3,(H2,21,26)(H,22,23,24);2-7H,1H3;3-5H,10H2,1-2H3,(H2,11,13);1H4;3*1H. The topological polar surface area (TPSA) is 207 Å². The number of rotatable bonds is 10. The van der Waals surface area contributed by atoms with E-state index in [2.05, 4.69) is 25.7 Å². The van der Waals surface area contributed by atoms with Gasteiger partial charge in [-0.25, -0.2) is 19.7 Å². The predicted octanol–water partition coefficient (Wildman–Crippen LogP) is -0.744. The summed E-state index contributed by atoms with van der Waals surface area (Å²) in [6.45, 7) is 0. The van der Waals surface area contributed by atoms with E-state index >= 15 is 0 Å². The third kappa shape index (κ3) is 13.6. The molecule has 9 N–H and O–H groups in total. The zero-order valence-corrected chi connectivity index (χ0v) is 34.5. The summed E-state index contributed by atoms with van der Waals surface area (Å²) in [4.78, 5) is 43.3. The van der Waals surface area contributed by atoms with Crippen molar-refractivity contribution in [1.29, 1.82) is 0 Å². The van der Waals surface area contributed by atoms with Gasteiger partial charge in [-0.3, -0.25) is 15.8 Å². The molecule has 4 aromatic carbocycles. The van der Waals surface area contributed by atoms with Gasteiger partial charge in [-0.15, -0.1) is 0 Å². The Morgan fingerprint density at radius 2 is 1.21 bits per heavy atom. The van der Waals surface area contributed by atoms with Gasteiger partial charge in [0.05, 0.1) is 36.9 Å². The average Bonchev–Trinajstić information content (AvgIpc) is 3.18. The van der Waals surface area contributed by atoms with Gasteiger partial charge >= 0.3 is 5.91 Å². The maximum atomic E-state index is 11.8. The van der Waals surface area contributed by atoms with E-state index in [0.29, 0.717) is 22.0 Å². The summed E-state index contributed by atoms with van der Waals surface area (Å²) < 4.78 is 10.6. The third-order valence-corrected chi connectivity index (χ3v) is 8.18. The molecule has 0 saturated heterocycles. The van der Waals surface area contributed by atoms with Gasteiger partial charge in [0.25, 0.3) is 5.91 Å². The van der Waals surface area contributed by atoms with E-state index in [9.17, 15) is 9.59 Å². The van der Waals surface area contributed by atoms with Crippen LogP contribution in [-0.4, -0.2) is 74.2 Å². The Kier molecular flexibility index (Phi) is 20.6. The molecule has 0 atom stereocenters. The number of ether oxygens (including phenoxy) is 2. The number of nitrogens with zero attached hydrogens (tertiary/aromatic N) is 6. The molecule has 0 unspecified atom stereocenters. The van der Waals surface area contributed by atoms with Gasteiger partial charge in [0.15, 0.2) is 0 Å². The number of aromatic nitrogens is 4. The number of methoxy groups -OCH3 is 2. The van der Waals surface area contributed by atoms with Crippen LogP contribution >= 0.6 is 11.6 Å². The Bertz CT molecular complexity index is 2270. The summed E-state index contributed by atoms with van der Waals surface area (Å²) in [5.74, 6) is 1.56. The molecular formula is C41H51Cl3N10O4. The fourth-order valence-electron chi connectivity index (χ4n) is 5.36. The molecule has 0 fully saturated rings. The number of amides is 2. The highest BCUT2D eigenvalue weighted by Crippen LogP contribution is 2.30. The van der Waals surface area contributed by atoms with E-state index < -0.39 is 5.91 Å². The largest absolute Gasteiger partial charge is 1.00 e. The number of carbonyl (C=O) groups excluding carboxylic acids is 2. The van der Waals surface area contributed by atoms with Crippen molar-refractivity contribution in [2.24, 2.45) is 5.73 Å². The normalized spacial score (nSPS) is 9.66. The molecule has 0 aliphatic rings. The van der Waals surface area contributed by atoms with Gasteiger partial charge in [0.2, 0.25) is 5.82 Å². The number of hydrogen-bond acceptors (Lipinski definition) is 11. The van der Waals surface area contributed by atoms with Crippen LogP contribution in [0.25, 0.3) is 22.5 Å². The number of nitrogen functional groups attached to an aromatic ring is 1. The molecular weight excluding hydrogens is 803 g/mol. The van der Waals surface area contributed by atoms with E-state index in [1.807, 2.05) is 116 Å². The minimum Gasteiger partial charge on any atom is -1.00 e. The lowest BCUT2D eigenvalue weighted by molar-refractivity contribution is -0.483. The number of hydrogen-bond donors (Lipinski definition) is 4. The lowest BCUT2D eigenvalue weighted by Gasteiger charge is -2.16. The number of halogens is 3. The summed E-state index contributed by atoms with van der Waals surface area (Å²) >= 11 is 5.80. The monoisotopic (exact) mass is 852 g/mol. The average molecular weight is 854 g/mol. The number of benzene rings is 4. The second-order valence-corrected chi connectivity index (χ2v) is 12.6. The van der Waals surface area contributed by atoms with Gasteiger partial charge in [0, 0.05) is 76.4 Å². The Labute approximate surface area is 358 Å². The Morgan fingerprint density at radius 1 is 0.707 bits per heavy atom. The maximum absolute atomic E-state index is 11.8. The van der Waals surface area contributed by atoms with Gasteiger partial charge < -0.3 is 55.6 Å². The van der Waals surface area contributed by atoms with E-state index in [1.54, 1.807) is 38.5 Å². The van der Waals surface area contributed by atoms with Crippen molar-refractivity contribution in [3.05, 3.63) is 126 Å². The molecule has 6 aromatic rings. The van der Waals surface area contributed by atoms with Crippen LogP contribution in [-0.2, 0) is 0 Å². The molecule has 2 heterocycles. The van der Waals surface area contributed by atoms with Gasteiger partial charge in [0.1, 0.15) is 40.6 Å². The summed E-state index contributed by atoms with van der Waals surface area (Å²) in [5, 5.41) is 2.30. The van der Waals surface area contributed by atoms with Crippen LogP contribution < -0.4 is 66.6 Å². The number of para-hydroxylation sites is 2. The smallest absolute Gasteiger partial charge is 0.343 e. The fraction of sp³-hybridized carbons (Fsp3) is 0.171. The van der Waals surface area contributed by atoms with Crippen LogP contribution in [0, 0.1) is 0 Å². The van der Waals surface area contributed by atoms with Gasteiger partial charge in [-0.1, -0.05) is 43.3 Å². The number of anilines is 3. The van der Waals surface area contributed by atoms with Crippen molar-refractivity contribution in [1.82, 2.24) is 19.9 Å². The van der Waals surface area contributed by atoms with Crippen molar-refractivity contribution < 1.29 is 56.4 Å². The van der Waals surface area contributed by atoms with Crippen molar-refractivity contribution in [2.75, 3.05) is 57.9 Å². The molecule has 17 heteroatoms. The summed E-state index contributed by atoms with van der Waals surface area (Å²) in [6, 6.07) is 29.7. The lowest BCUT2D eigenvalue weighted by Crippen LogP contribution is -3.00. The molecule has 0 spiro atoms. The van der Waals surface area contributed by atoms with Gasteiger partial charge in [-0.05, 0) is 48.5 Å². The molecule has 0 aliphatic heterocycles. The van der Waals surface area contributed by atoms with E-state index in [-0.39, 0.29) is 39.6 Å². The number of nitrogens with two attached hydrogens (primary N) is 3. The second-order valence-electron chi connectivity index (χ2n) is 12.2. The van der Waals surface area contributed by atoms with Crippen molar-refractivity contribution in [3.63, 3.8) is 0 Å². The van der Waals surface area contributed by atoms with E-state index in [4.69, 9.17) is 32.5 Å². The quantitative estimate of drug-likeness (QED) is 0.0998. The highest BCUT2D eigenvalue weighted by atomic mass is 35.5. The molecule has 0 bridgehead atoms. The zero-order chi connectivity index (χ0) is 40.1. The molecule has 14 nitrogen and oxygen atoms in total. The summed E-state index contributed by atoms with van der Waals surface area (Å²) in [6.07, 6.45) is 2.95. The Balaban J connectivity index is 0.000000900. The first-order valence-electron chi connectivity index (χ1n) is 16.8. The van der Waals surface area contributed by atoms with Crippen LogP contribution in [0.4, 0.5) is 28.6 Å². The van der Waals surface area contributed by atoms with Crippen LogP contribution in [0.15, 0.2) is 110 Å². The molecule has 0 saturated carbocycles. The van der Waals surface area contributed by atoms with Gasteiger partial charge in [-0.2, -0.15) is 4.98 Å². The summed E-state index contributed by atoms with van der Waals surface area (Å²) in [7, 11) is 10.7. The number of carbonyl (C=O) groups is 2. The highest BCUT2D eigenvalue weighted by molar-refractivity contribution is 6.29. The van der Waals surface area contributed by atoms with Crippen LogP contribution in [0.5, 0.6) is 11.5 Å². The lowest BCUT2D eigenvalue weighted by atomic mass is 10.1. The molecule has 58 heavy (non-hydrogen) atoms. The Morgan fingerprint density at radius 3 is 1.71 bits per heavy atom. The zero-order valence-electron chi connectivity index (χ0n) is 32.3. The Hall–Kier alpha value is -6.03. The second kappa shape index (κ2) is 23.9.